The molecule has 0 fully saturated rings. The minimum atomic E-state index is 0.203. The molecule has 108 valence electrons. The summed E-state index contributed by atoms with van der Waals surface area (Å²) in [6, 6.07) is 11.2. The van der Waals surface area contributed by atoms with E-state index in [1.54, 1.807) is 11.3 Å². The zero-order valence-electron chi connectivity index (χ0n) is 12.7. The van der Waals surface area contributed by atoms with Gasteiger partial charge in [-0.3, -0.25) is 4.98 Å². The van der Waals surface area contributed by atoms with Crippen molar-refractivity contribution in [2.75, 3.05) is 6.54 Å². The zero-order valence-corrected chi connectivity index (χ0v) is 13.5. The first-order chi connectivity index (χ1) is 10.2. The molecule has 3 aromatic rings. The molecule has 0 saturated carbocycles. The third kappa shape index (κ3) is 2.85. The number of nitrogens with zero attached hydrogens (tertiary/aromatic N) is 1. The van der Waals surface area contributed by atoms with Crippen LogP contribution in [-0.4, -0.2) is 11.5 Å². The first-order valence-electron chi connectivity index (χ1n) is 7.32. The molecule has 3 heteroatoms. The molecule has 1 aromatic carbocycles. The van der Waals surface area contributed by atoms with Crippen LogP contribution in [0.5, 0.6) is 0 Å². The summed E-state index contributed by atoms with van der Waals surface area (Å²) in [4.78, 5) is 4.59. The van der Waals surface area contributed by atoms with Crippen LogP contribution in [0.1, 0.15) is 35.2 Å². The van der Waals surface area contributed by atoms with Crippen LogP contribution < -0.4 is 5.32 Å². The van der Waals surface area contributed by atoms with Crippen molar-refractivity contribution in [1.82, 2.24) is 10.3 Å². The molecule has 0 amide bonds. The third-order valence-corrected chi connectivity index (χ3v) is 4.65. The predicted molar refractivity (Wildman–Crippen MR) is 91.1 cm³/mol. The summed E-state index contributed by atoms with van der Waals surface area (Å²) >= 11 is 1.75. The monoisotopic (exact) mass is 296 g/mol. The van der Waals surface area contributed by atoms with Crippen LogP contribution in [-0.2, 0) is 0 Å². The van der Waals surface area contributed by atoms with Crippen LogP contribution in [0, 0.1) is 13.8 Å². The number of rotatable bonds is 4. The molecule has 21 heavy (non-hydrogen) atoms. The Kier molecular flexibility index (Phi) is 4.04. The third-order valence-electron chi connectivity index (χ3n) is 3.80. The van der Waals surface area contributed by atoms with Gasteiger partial charge in [-0.1, -0.05) is 30.7 Å². The Bertz CT molecular complexity index is 761. The normalized spacial score (nSPS) is 12.7. The van der Waals surface area contributed by atoms with E-state index in [4.69, 9.17) is 0 Å². The van der Waals surface area contributed by atoms with Gasteiger partial charge >= 0.3 is 0 Å². The molecule has 0 aliphatic carbocycles. The Morgan fingerprint density at radius 2 is 2.05 bits per heavy atom. The summed E-state index contributed by atoms with van der Waals surface area (Å²) in [7, 11) is 0. The van der Waals surface area contributed by atoms with Crippen molar-refractivity contribution < 1.29 is 0 Å². The molecular formula is C18H20N2S. The molecule has 0 aliphatic rings. The van der Waals surface area contributed by atoms with Crippen LogP contribution in [0.15, 0.2) is 41.9 Å². The van der Waals surface area contributed by atoms with Crippen LogP contribution in [0.3, 0.4) is 0 Å². The van der Waals surface area contributed by atoms with Gasteiger partial charge in [0.1, 0.15) is 0 Å². The predicted octanol–water partition coefficient (Wildman–Crippen LogP) is 4.61. The average Bonchev–Trinajstić information content (AvgIpc) is 2.93. The average molecular weight is 296 g/mol. The van der Waals surface area contributed by atoms with Crippen LogP contribution in [0.4, 0.5) is 0 Å². The van der Waals surface area contributed by atoms with E-state index in [0.717, 1.165) is 12.1 Å². The fourth-order valence-electron chi connectivity index (χ4n) is 2.78. The van der Waals surface area contributed by atoms with Crippen molar-refractivity contribution in [1.29, 1.82) is 0 Å². The molecule has 1 atom stereocenters. The molecule has 1 N–H and O–H groups in total. The van der Waals surface area contributed by atoms with Gasteiger partial charge in [-0.2, -0.15) is 0 Å². The van der Waals surface area contributed by atoms with Gasteiger partial charge in [0, 0.05) is 6.20 Å². The fourth-order valence-corrected chi connectivity index (χ4v) is 3.57. The largest absolute Gasteiger partial charge is 0.306 e. The number of hydrogen-bond donors (Lipinski definition) is 1. The highest BCUT2D eigenvalue weighted by Gasteiger charge is 2.16. The van der Waals surface area contributed by atoms with Gasteiger partial charge in [0.2, 0.25) is 0 Å². The zero-order chi connectivity index (χ0) is 14.8. The second kappa shape index (κ2) is 5.96. The van der Waals surface area contributed by atoms with Crippen molar-refractivity contribution in [2.24, 2.45) is 0 Å². The summed E-state index contributed by atoms with van der Waals surface area (Å²) in [5, 5.41) is 5.70. The summed E-state index contributed by atoms with van der Waals surface area (Å²) in [5.41, 5.74) is 6.28. The molecule has 0 saturated heterocycles. The molecule has 0 spiro atoms. The number of thiophene rings is 1. The number of hydrogen-bond acceptors (Lipinski definition) is 3. The number of fused-ring (bicyclic) bond motifs is 1. The number of aryl methyl sites for hydroxylation is 2. The van der Waals surface area contributed by atoms with Gasteiger partial charge in [-0.15, -0.1) is 11.3 Å². The van der Waals surface area contributed by atoms with Crippen molar-refractivity contribution in [2.45, 2.75) is 26.8 Å². The summed E-state index contributed by atoms with van der Waals surface area (Å²) in [6.45, 7) is 7.40. The quantitative estimate of drug-likeness (QED) is 0.760. The Hall–Kier alpha value is -1.71. The maximum atomic E-state index is 4.59. The van der Waals surface area contributed by atoms with E-state index in [1.165, 1.54) is 27.0 Å². The van der Waals surface area contributed by atoms with Crippen LogP contribution in [0.25, 0.3) is 10.2 Å². The number of pyridine rings is 1. The highest BCUT2D eigenvalue weighted by atomic mass is 32.1. The molecule has 2 heterocycles. The maximum absolute atomic E-state index is 4.59. The lowest BCUT2D eigenvalue weighted by Gasteiger charge is -2.21. The van der Waals surface area contributed by atoms with Crippen LogP contribution in [0.2, 0.25) is 0 Å². The highest BCUT2D eigenvalue weighted by molar-refractivity contribution is 7.17. The maximum Gasteiger partial charge on any atom is 0.0809 e. The van der Waals surface area contributed by atoms with Gasteiger partial charge < -0.3 is 5.32 Å². The second-order valence-electron chi connectivity index (χ2n) is 5.42. The lowest BCUT2D eigenvalue weighted by molar-refractivity contribution is 0.626. The Morgan fingerprint density at radius 1 is 1.19 bits per heavy atom. The minimum absolute atomic E-state index is 0.203. The number of nitrogens with one attached hydrogen (secondary N) is 1. The van der Waals surface area contributed by atoms with Gasteiger partial charge in [0.05, 0.1) is 16.3 Å². The van der Waals surface area contributed by atoms with E-state index < -0.39 is 0 Å². The first kappa shape index (κ1) is 14.2. The highest BCUT2D eigenvalue weighted by Crippen LogP contribution is 2.28. The van der Waals surface area contributed by atoms with Crippen molar-refractivity contribution >= 4 is 21.6 Å². The van der Waals surface area contributed by atoms with Gasteiger partial charge in [0.25, 0.3) is 0 Å². The second-order valence-corrected chi connectivity index (χ2v) is 6.37. The first-order valence-corrected chi connectivity index (χ1v) is 8.20. The van der Waals surface area contributed by atoms with Gasteiger partial charge in [-0.05, 0) is 54.6 Å². The van der Waals surface area contributed by atoms with E-state index in [0.29, 0.717) is 0 Å². The molecule has 0 radical (unpaired) electrons. The Balaban J connectivity index is 2.07. The molecule has 0 bridgehead atoms. The molecule has 3 rings (SSSR count). The standard InChI is InChI=1S/C18H20N2S/c1-4-19-18(15-6-5-12(2)9-13(15)3)14-10-17-16(20-11-14)7-8-21-17/h5-11,18-19H,4H2,1-3H3. The molecule has 1 unspecified atom stereocenters. The Morgan fingerprint density at radius 3 is 2.81 bits per heavy atom. The van der Waals surface area contributed by atoms with Crippen molar-refractivity contribution in [3.05, 3.63) is 64.2 Å². The van der Waals surface area contributed by atoms with E-state index in [-0.39, 0.29) is 6.04 Å². The molecular weight excluding hydrogens is 276 g/mol. The molecule has 2 nitrogen and oxygen atoms in total. The number of aromatic nitrogens is 1. The van der Waals surface area contributed by atoms with E-state index in [9.17, 15) is 0 Å². The summed E-state index contributed by atoms with van der Waals surface area (Å²) < 4.78 is 1.25. The SMILES string of the molecule is CCNC(c1cnc2ccsc2c1)c1ccc(C)cc1C. The van der Waals surface area contributed by atoms with Crippen molar-refractivity contribution in [3.63, 3.8) is 0 Å². The lowest BCUT2D eigenvalue weighted by Crippen LogP contribution is -2.23. The van der Waals surface area contributed by atoms with Crippen LogP contribution >= 0.6 is 11.3 Å². The van der Waals surface area contributed by atoms with Gasteiger partial charge in [-0.25, -0.2) is 0 Å². The van der Waals surface area contributed by atoms with Gasteiger partial charge in [0.15, 0.2) is 0 Å². The summed E-state index contributed by atoms with van der Waals surface area (Å²) in [6.07, 6.45) is 2.00. The lowest BCUT2D eigenvalue weighted by atomic mass is 9.94. The Labute approximate surface area is 129 Å². The van der Waals surface area contributed by atoms with Crippen molar-refractivity contribution in [3.8, 4) is 0 Å². The smallest absolute Gasteiger partial charge is 0.0809 e. The fraction of sp³-hybridized carbons (Fsp3) is 0.278. The molecule has 2 aromatic heterocycles. The molecule has 0 aliphatic heterocycles. The minimum Gasteiger partial charge on any atom is -0.306 e. The summed E-state index contributed by atoms with van der Waals surface area (Å²) in [5.74, 6) is 0. The van der Waals surface area contributed by atoms with E-state index >= 15 is 0 Å². The topological polar surface area (TPSA) is 24.9 Å². The van der Waals surface area contributed by atoms with E-state index in [2.05, 4.69) is 66.8 Å². The van der Waals surface area contributed by atoms with E-state index in [1.807, 2.05) is 6.20 Å². The number of benzene rings is 1.